The lowest BCUT2D eigenvalue weighted by atomic mass is 10.3. The number of nitrogens with one attached hydrogen (secondary N) is 2. The summed E-state index contributed by atoms with van der Waals surface area (Å²) in [6.07, 6.45) is 1.71. The van der Waals surface area contributed by atoms with Crippen molar-refractivity contribution in [3.05, 3.63) is 75.8 Å². The van der Waals surface area contributed by atoms with Crippen LogP contribution in [0.2, 0.25) is 10.0 Å². The second-order valence-electron chi connectivity index (χ2n) is 5.47. The van der Waals surface area contributed by atoms with Crippen molar-refractivity contribution in [1.29, 1.82) is 0 Å². The first-order valence-electron chi connectivity index (χ1n) is 7.77. The molecule has 0 spiro atoms. The number of nitrogens with zero attached hydrogens (tertiary/aromatic N) is 3. The van der Waals surface area contributed by atoms with E-state index in [1.54, 1.807) is 37.4 Å². The van der Waals surface area contributed by atoms with E-state index < -0.39 is 0 Å². The number of hydrogen-bond donors (Lipinski definition) is 2. The molecule has 0 atom stereocenters. The highest BCUT2D eigenvalue weighted by atomic mass is 35.5. The van der Waals surface area contributed by atoms with Gasteiger partial charge in [-0.1, -0.05) is 29.3 Å². The van der Waals surface area contributed by atoms with Gasteiger partial charge in [-0.05, 0) is 43.3 Å². The Morgan fingerprint density at radius 3 is 2.69 bits per heavy atom. The number of pyridine rings is 1. The van der Waals surface area contributed by atoms with Crippen molar-refractivity contribution in [2.45, 2.75) is 13.5 Å². The topological polar surface area (TPSA) is 79.8 Å². The maximum atomic E-state index is 12.5. The first kappa shape index (κ1) is 18.1. The second-order valence-corrected chi connectivity index (χ2v) is 6.31. The summed E-state index contributed by atoms with van der Waals surface area (Å²) in [6, 6.07) is 12.1. The normalized spacial score (nSPS) is 10.4. The van der Waals surface area contributed by atoms with Crippen LogP contribution in [0.15, 0.2) is 48.7 Å². The third kappa shape index (κ3) is 4.68. The number of amides is 1. The van der Waals surface area contributed by atoms with Gasteiger partial charge in [0.15, 0.2) is 0 Å². The third-order valence-electron chi connectivity index (χ3n) is 3.42. The highest BCUT2D eigenvalue weighted by Gasteiger charge is 2.13. The Bertz CT molecular complexity index is 934. The molecule has 0 aliphatic carbocycles. The van der Waals surface area contributed by atoms with Crippen molar-refractivity contribution >= 4 is 40.7 Å². The predicted octanol–water partition coefficient (Wildman–Crippen LogP) is 4.35. The van der Waals surface area contributed by atoms with Crippen LogP contribution in [0.25, 0.3) is 0 Å². The second kappa shape index (κ2) is 8.12. The highest BCUT2D eigenvalue weighted by molar-refractivity contribution is 6.36. The largest absolute Gasteiger partial charge is 0.349 e. The molecule has 0 aliphatic rings. The Morgan fingerprint density at radius 1 is 1.12 bits per heavy atom. The Labute approximate surface area is 160 Å². The minimum absolute atomic E-state index is 0.229. The van der Waals surface area contributed by atoms with Crippen LogP contribution in [-0.4, -0.2) is 20.9 Å². The maximum absolute atomic E-state index is 12.5. The van der Waals surface area contributed by atoms with E-state index in [4.69, 9.17) is 23.2 Å². The zero-order chi connectivity index (χ0) is 18.5. The molecule has 0 saturated heterocycles. The molecule has 6 nitrogen and oxygen atoms in total. The van der Waals surface area contributed by atoms with Gasteiger partial charge in [0.2, 0.25) is 5.95 Å². The maximum Gasteiger partial charge on any atom is 0.274 e. The average molecular weight is 388 g/mol. The summed E-state index contributed by atoms with van der Waals surface area (Å²) >= 11 is 12.0. The lowest BCUT2D eigenvalue weighted by Crippen LogP contribution is -2.16. The number of carbonyl (C=O) groups is 1. The molecule has 0 bridgehead atoms. The van der Waals surface area contributed by atoms with Gasteiger partial charge in [-0.15, -0.1) is 0 Å². The number of aromatic nitrogens is 3. The Morgan fingerprint density at radius 2 is 1.96 bits per heavy atom. The van der Waals surface area contributed by atoms with Crippen LogP contribution in [0.4, 0.5) is 11.6 Å². The van der Waals surface area contributed by atoms with Crippen molar-refractivity contribution in [2.75, 3.05) is 10.6 Å². The molecule has 1 amide bonds. The van der Waals surface area contributed by atoms with Crippen LogP contribution >= 0.6 is 23.2 Å². The van der Waals surface area contributed by atoms with Gasteiger partial charge in [0, 0.05) is 16.9 Å². The summed E-state index contributed by atoms with van der Waals surface area (Å²) in [5.74, 6) is -0.0383. The molecule has 0 aliphatic heterocycles. The van der Waals surface area contributed by atoms with Crippen molar-refractivity contribution in [3.8, 4) is 0 Å². The van der Waals surface area contributed by atoms with E-state index in [9.17, 15) is 4.79 Å². The van der Waals surface area contributed by atoms with Gasteiger partial charge in [0.1, 0.15) is 5.69 Å². The first-order chi connectivity index (χ1) is 12.5. The quantitative estimate of drug-likeness (QED) is 0.679. The van der Waals surface area contributed by atoms with Gasteiger partial charge in [0.25, 0.3) is 5.91 Å². The van der Waals surface area contributed by atoms with E-state index >= 15 is 0 Å². The molecule has 1 aromatic carbocycles. The van der Waals surface area contributed by atoms with Crippen LogP contribution in [0.1, 0.15) is 21.9 Å². The predicted molar refractivity (Wildman–Crippen MR) is 103 cm³/mol. The van der Waals surface area contributed by atoms with E-state index in [1.807, 2.05) is 18.2 Å². The van der Waals surface area contributed by atoms with Crippen molar-refractivity contribution < 1.29 is 4.79 Å². The number of benzene rings is 1. The summed E-state index contributed by atoms with van der Waals surface area (Å²) in [7, 11) is 0. The number of rotatable bonds is 5. The van der Waals surface area contributed by atoms with Gasteiger partial charge in [-0.25, -0.2) is 9.97 Å². The van der Waals surface area contributed by atoms with Crippen LogP contribution in [0.3, 0.4) is 0 Å². The van der Waals surface area contributed by atoms with Crippen molar-refractivity contribution in [1.82, 2.24) is 15.0 Å². The Hall–Kier alpha value is -2.70. The summed E-state index contributed by atoms with van der Waals surface area (Å²) in [5.41, 5.74) is 2.19. The number of halogens is 2. The van der Waals surface area contributed by atoms with Crippen LogP contribution in [0.5, 0.6) is 0 Å². The summed E-state index contributed by atoms with van der Waals surface area (Å²) in [5, 5.41) is 6.64. The summed E-state index contributed by atoms with van der Waals surface area (Å²) in [6.45, 7) is 2.24. The highest BCUT2D eigenvalue weighted by Crippen LogP contribution is 2.25. The molecule has 0 unspecified atom stereocenters. The van der Waals surface area contributed by atoms with Crippen LogP contribution in [-0.2, 0) is 6.54 Å². The van der Waals surface area contributed by atoms with Gasteiger partial charge >= 0.3 is 0 Å². The molecular weight excluding hydrogens is 373 g/mol. The number of aryl methyl sites for hydroxylation is 1. The van der Waals surface area contributed by atoms with Crippen molar-refractivity contribution in [3.63, 3.8) is 0 Å². The van der Waals surface area contributed by atoms with E-state index in [2.05, 4.69) is 25.6 Å². The van der Waals surface area contributed by atoms with E-state index in [-0.39, 0.29) is 11.6 Å². The molecule has 0 saturated carbocycles. The van der Waals surface area contributed by atoms with E-state index in [1.165, 1.54) is 0 Å². The fourth-order valence-electron chi connectivity index (χ4n) is 2.21. The minimum atomic E-state index is -0.388. The zero-order valence-corrected chi connectivity index (χ0v) is 15.3. The minimum Gasteiger partial charge on any atom is -0.349 e. The monoisotopic (exact) mass is 387 g/mol. The average Bonchev–Trinajstić information content (AvgIpc) is 2.63. The fourth-order valence-corrected chi connectivity index (χ4v) is 2.67. The number of anilines is 2. The van der Waals surface area contributed by atoms with E-state index in [0.29, 0.717) is 33.9 Å². The molecular formula is C18H15Cl2N5O. The molecule has 132 valence electrons. The standard InChI is InChI=1S/C18H15Cl2N5O/c1-11-8-16(17(26)24-15-6-5-12(19)9-14(15)20)25-18(23-11)22-10-13-4-2-3-7-21-13/h2-9H,10H2,1H3,(H,24,26)(H,22,23,25). The first-order valence-corrected chi connectivity index (χ1v) is 8.53. The molecule has 2 aromatic heterocycles. The fraction of sp³-hybridized carbons (Fsp3) is 0.111. The molecule has 3 aromatic rings. The smallest absolute Gasteiger partial charge is 0.274 e. The molecule has 3 rings (SSSR count). The van der Waals surface area contributed by atoms with Crippen molar-refractivity contribution in [2.24, 2.45) is 0 Å². The lowest BCUT2D eigenvalue weighted by molar-refractivity contribution is 0.102. The summed E-state index contributed by atoms with van der Waals surface area (Å²) in [4.78, 5) is 25.3. The molecule has 2 N–H and O–H groups in total. The number of carbonyl (C=O) groups excluding carboxylic acids is 1. The van der Waals surface area contributed by atoms with Gasteiger partial charge in [-0.3, -0.25) is 9.78 Å². The lowest BCUT2D eigenvalue weighted by Gasteiger charge is -2.10. The zero-order valence-electron chi connectivity index (χ0n) is 13.8. The van der Waals surface area contributed by atoms with E-state index in [0.717, 1.165) is 5.69 Å². The summed E-state index contributed by atoms with van der Waals surface area (Å²) < 4.78 is 0. The third-order valence-corrected chi connectivity index (χ3v) is 3.97. The Balaban J connectivity index is 1.75. The molecule has 0 fully saturated rings. The van der Waals surface area contributed by atoms with Crippen LogP contribution in [0, 0.1) is 6.92 Å². The SMILES string of the molecule is Cc1cc(C(=O)Nc2ccc(Cl)cc2Cl)nc(NCc2ccccn2)n1. The van der Waals surface area contributed by atoms with Gasteiger partial charge in [-0.2, -0.15) is 0 Å². The molecule has 2 heterocycles. The Kier molecular flexibility index (Phi) is 5.65. The van der Waals surface area contributed by atoms with Crippen LogP contribution < -0.4 is 10.6 Å². The molecule has 0 radical (unpaired) electrons. The molecule has 8 heteroatoms. The van der Waals surface area contributed by atoms with Gasteiger partial charge in [0.05, 0.1) is 22.9 Å². The van der Waals surface area contributed by atoms with Gasteiger partial charge < -0.3 is 10.6 Å². The molecule has 26 heavy (non-hydrogen) atoms. The number of hydrogen-bond acceptors (Lipinski definition) is 5.